The lowest BCUT2D eigenvalue weighted by molar-refractivity contribution is -0.133. The van der Waals surface area contributed by atoms with E-state index in [1.807, 2.05) is 19.1 Å². The molecule has 1 aliphatic carbocycles. The average Bonchev–Trinajstić information content (AvgIpc) is 3.28. The molecule has 1 heterocycles. The van der Waals surface area contributed by atoms with Crippen molar-refractivity contribution in [3.63, 3.8) is 0 Å². The van der Waals surface area contributed by atoms with Crippen molar-refractivity contribution in [1.82, 2.24) is 15.1 Å². The van der Waals surface area contributed by atoms with E-state index in [0.29, 0.717) is 44.3 Å². The molecule has 154 valence electrons. The van der Waals surface area contributed by atoms with E-state index in [1.54, 1.807) is 17.0 Å². The van der Waals surface area contributed by atoms with Crippen molar-refractivity contribution < 1.29 is 14.4 Å². The van der Waals surface area contributed by atoms with Crippen LogP contribution in [0.5, 0.6) is 0 Å². The molecule has 0 radical (unpaired) electrons. The molecule has 1 aromatic carbocycles. The van der Waals surface area contributed by atoms with Crippen LogP contribution in [0.3, 0.4) is 0 Å². The highest BCUT2D eigenvalue weighted by atomic mass is 16.2. The number of benzene rings is 1. The molecule has 0 bridgehead atoms. The number of rotatable bonds is 8. The number of carbonyl (C=O) groups excluding carboxylic acids is 3. The summed E-state index contributed by atoms with van der Waals surface area (Å²) in [5.74, 6) is -0.116. The standard InChI is InChI=1S/C22H28N4O3/c1-2-13-25(16-18-9-7-17(15-23)8-10-18)19(27)6-5-14-26-20(28)22(24-21(26)29)11-3-4-12-22/h7-10H,2-6,11-14,16H2,1H3,(H,24,29). The Kier molecular flexibility index (Phi) is 6.53. The van der Waals surface area contributed by atoms with E-state index in [0.717, 1.165) is 24.8 Å². The predicted molar refractivity (Wildman–Crippen MR) is 108 cm³/mol. The molecule has 3 rings (SSSR count). The Balaban J connectivity index is 1.53. The molecular weight excluding hydrogens is 368 g/mol. The van der Waals surface area contributed by atoms with E-state index in [2.05, 4.69) is 11.4 Å². The molecule has 2 fully saturated rings. The molecule has 7 heteroatoms. The number of hydrogen-bond acceptors (Lipinski definition) is 4. The normalized spacial score (nSPS) is 17.4. The summed E-state index contributed by atoms with van der Waals surface area (Å²) < 4.78 is 0. The van der Waals surface area contributed by atoms with Crippen LogP contribution in [0.1, 0.15) is 63.0 Å². The zero-order valence-corrected chi connectivity index (χ0v) is 16.9. The van der Waals surface area contributed by atoms with Gasteiger partial charge in [0.15, 0.2) is 0 Å². The van der Waals surface area contributed by atoms with Gasteiger partial charge in [0, 0.05) is 26.1 Å². The fraction of sp³-hybridized carbons (Fsp3) is 0.545. The van der Waals surface area contributed by atoms with Gasteiger partial charge >= 0.3 is 6.03 Å². The number of nitriles is 1. The van der Waals surface area contributed by atoms with Gasteiger partial charge in [-0.25, -0.2) is 4.79 Å². The quantitative estimate of drug-likeness (QED) is 0.684. The van der Waals surface area contributed by atoms with Gasteiger partial charge in [-0.2, -0.15) is 5.26 Å². The average molecular weight is 396 g/mol. The van der Waals surface area contributed by atoms with E-state index in [1.165, 1.54) is 4.90 Å². The van der Waals surface area contributed by atoms with E-state index < -0.39 is 5.54 Å². The van der Waals surface area contributed by atoms with Gasteiger partial charge < -0.3 is 10.2 Å². The second-order valence-electron chi connectivity index (χ2n) is 7.90. The van der Waals surface area contributed by atoms with Gasteiger partial charge in [-0.1, -0.05) is 31.9 Å². The number of imide groups is 1. The Bertz CT molecular complexity index is 806. The maximum Gasteiger partial charge on any atom is 0.325 e. The van der Waals surface area contributed by atoms with Crippen LogP contribution in [-0.4, -0.2) is 46.3 Å². The fourth-order valence-electron chi connectivity index (χ4n) is 4.21. The van der Waals surface area contributed by atoms with E-state index in [-0.39, 0.29) is 24.4 Å². The van der Waals surface area contributed by atoms with Gasteiger partial charge in [0.25, 0.3) is 5.91 Å². The summed E-state index contributed by atoms with van der Waals surface area (Å²) >= 11 is 0. The van der Waals surface area contributed by atoms with Crippen LogP contribution in [0, 0.1) is 11.3 Å². The highest BCUT2D eigenvalue weighted by molar-refractivity contribution is 6.07. The van der Waals surface area contributed by atoms with Gasteiger partial charge in [0.2, 0.25) is 5.91 Å². The number of nitrogens with zero attached hydrogens (tertiary/aromatic N) is 3. The molecular formula is C22H28N4O3. The fourth-order valence-corrected chi connectivity index (χ4v) is 4.21. The maximum absolute atomic E-state index is 12.7. The Morgan fingerprint density at radius 1 is 1.24 bits per heavy atom. The van der Waals surface area contributed by atoms with Crippen molar-refractivity contribution in [2.75, 3.05) is 13.1 Å². The van der Waals surface area contributed by atoms with Gasteiger partial charge in [0.05, 0.1) is 11.6 Å². The molecule has 1 aromatic rings. The van der Waals surface area contributed by atoms with Crippen molar-refractivity contribution >= 4 is 17.8 Å². The lowest BCUT2D eigenvalue weighted by Gasteiger charge is -2.23. The molecule has 0 unspecified atom stereocenters. The Morgan fingerprint density at radius 2 is 1.93 bits per heavy atom. The van der Waals surface area contributed by atoms with Crippen molar-refractivity contribution in [3.05, 3.63) is 35.4 Å². The summed E-state index contributed by atoms with van der Waals surface area (Å²) in [7, 11) is 0. The third-order valence-corrected chi connectivity index (χ3v) is 5.78. The Hall–Kier alpha value is -2.88. The van der Waals surface area contributed by atoms with Crippen molar-refractivity contribution in [3.8, 4) is 6.07 Å². The van der Waals surface area contributed by atoms with E-state index in [4.69, 9.17) is 5.26 Å². The first-order valence-corrected chi connectivity index (χ1v) is 10.4. The van der Waals surface area contributed by atoms with Gasteiger partial charge in [-0.05, 0) is 43.4 Å². The third-order valence-electron chi connectivity index (χ3n) is 5.78. The minimum absolute atomic E-state index is 0.0128. The SMILES string of the molecule is CCCN(Cc1ccc(C#N)cc1)C(=O)CCCN1C(=O)NC2(CCCC2)C1=O. The van der Waals surface area contributed by atoms with Gasteiger partial charge in [0.1, 0.15) is 5.54 Å². The number of urea groups is 1. The molecule has 1 N–H and O–H groups in total. The van der Waals surface area contributed by atoms with E-state index >= 15 is 0 Å². The number of nitrogens with one attached hydrogen (secondary N) is 1. The lowest BCUT2D eigenvalue weighted by atomic mass is 9.98. The molecule has 7 nitrogen and oxygen atoms in total. The van der Waals surface area contributed by atoms with Crippen LogP contribution in [0.25, 0.3) is 0 Å². The topological polar surface area (TPSA) is 93.5 Å². The van der Waals surface area contributed by atoms with Crippen LogP contribution in [-0.2, 0) is 16.1 Å². The van der Waals surface area contributed by atoms with Gasteiger partial charge in [-0.15, -0.1) is 0 Å². The molecule has 29 heavy (non-hydrogen) atoms. The second kappa shape index (κ2) is 9.08. The van der Waals surface area contributed by atoms with Crippen LogP contribution in [0.15, 0.2) is 24.3 Å². The largest absolute Gasteiger partial charge is 0.338 e. The number of carbonyl (C=O) groups is 3. The molecule has 1 aliphatic heterocycles. The van der Waals surface area contributed by atoms with Gasteiger partial charge in [-0.3, -0.25) is 14.5 Å². The van der Waals surface area contributed by atoms with Crippen LogP contribution in [0.2, 0.25) is 0 Å². The third kappa shape index (κ3) is 4.58. The molecule has 1 saturated carbocycles. The summed E-state index contributed by atoms with van der Waals surface area (Å²) in [4.78, 5) is 40.7. The predicted octanol–water partition coefficient (Wildman–Crippen LogP) is 2.94. The summed E-state index contributed by atoms with van der Waals surface area (Å²) in [5, 5.41) is 11.8. The minimum atomic E-state index is -0.690. The molecule has 1 spiro atoms. The first-order valence-electron chi connectivity index (χ1n) is 10.4. The summed E-state index contributed by atoms with van der Waals surface area (Å²) in [6.45, 7) is 3.43. The van der Waals surface area contributed by atoms with Crippen molar-refractivity contribution in [2.45, 2.75) is 64.0 Å². The second-order valence-corrected chi connectivity index (χ2v) is 7.90. The molecule has 0 atom stereocenters. The highest BCUT2D eigenvalue weighted by Gasteiger charge is 2.52. The number of amides is 4. The highest BCUT2D eigenvalue weighted by Crippen LogP contribution is 2.35. The zero-order valence-electron chi connectivity index (χ0n) is 16.9. The zero-order chi connectivity index (χ0) is 20.9. The number of hydrogen-bond donors (Lipinski definition) is 1. The van der Waals surface area contributed by atoms with Crippen molar-refractivity contribution in [1.29, 1.82) is 5.26 Å². The summed E-state index contributed by atoms with van der Waals surface area (Å²) in [6, 6.07) is 8.99. The van der Waals surface area contributed by atoms with Crippen LogP contribution < -0.4 is 5.32 Å². The summed E-state index contributed by atoms with van der Waals surface area (Å²) in [6.07, 6.45) is 4.93. The maximum atomic E-state index is 12.7. The minimum Gasteiger partial charge on any atom is -0.338 e. The first kappa shape index (κ1) is 20.8. The summed E-state index contributed by atoms with van der Waals surface area (Å²) in [5.41, 5.74) is 0.879. The van der Waals surface area contributed by atoms with Crippen LogP contribution in [0.4, 0.5) is 4.79 Å². The molecule has 0 aromatic heterocycles. The monoisotopic (exact) mass is 396 g/mol. The molecule has 2 aliphatic rings. The van der Waals surface area contributed by atoms with Crippen molar-refractivity contribution in [2.24, 2.45) is 0 Å². The smallest absolute Gasteiger partial charge is 0.325 e. The Labute approximate surface area is 171 Å². The van der Waals surface area contributed by atoms with Crippen LogP contribution >= 0.6 is 0 Å². The lowest BCUT2D eigenvalue weighted by Crippen LogP contribution is -2.44. The first-order chi connectivity index (χ1) is 14.0. The molecule has 1 saturated heterocycles. The van der Waals surface area contributed by atoms with E-state index in [9.17, 15) is 14.4 Å². The molecule has 4 amide bonds. The Morgan fingerprint density at radius 3 is 2.55 bits per heavy atom.